The van der Waals surface area contributed by atoms with Crippen LogP contribution in [0.25, 0.3) is 10.2 Å². The summed E-state index contributed by atoms with van der Waals surface area (Å²) in [5, 5.41) is 9.27. The van der Waals surface area contributed by atoms with Crippen molar-refractivity contribution in [3.8, 4) is 0 Å². The molecule has 1 aromatic carbocycles. The first-order valence-electron chi connectivity index (χ1n) is 6.37. The van der Waals surface area contributed by atoms with E-state index in [0.717, 1.165) is 29.5 Å². The quantitative estimate of drug-likeness (QED) is 0.637. The zero-order chi connectivity index (χ0) is 16.7. The Balaban J connectivity index is 2.17. The Morgan fingerprint density at radius 1 is 1.22 bits per heavy atom. The highest BCUT2D eigenvalue weighted by molar-refractivity contribution is 7.21. The lowest BCUT2D eigenvalue weighted by Gasteiger charge is -1.99. The average Bonchev–Trinajstić information content (AvgIpc) is 2.82. The predicted molar refractivity (Wildman–Crippen MR) is 83.6 cm³/mol. The third kappa shape index (κ3) is 2.49. The number of nitrogens with one attached hydrogen (secondary N) is 1. The molecule has 0 saturated carbocycles. The van der Waals surface area contributed by atoms with Crippen molar-refractivity contribution in [2.75, 3.05) is 5.73 Å². The average molecular weight is 332 g/mol. The van der Waals surface area contributed by atoms with Crippen molar-refractivity contribution in [2.24, 2.45) is 0 Å². The number of pyridine rings is 1. The maximum atomic E-state index is 12.9. The fraction of sp³-hybridized carbons (Fsp3) is 0. The Kier molecular flexibility index (Phi) is 3.45. The highest BCUT2D eigenvalue weighted by Gasteiger charge is 2.21. The fourth-order valence-electron chi connectivity index (χ4n) is 2.13. The van der Waals surface area contributed by atoms with Crippen LogP contribution in [0.15, 0.2) is 35.1 Å². The fourth-order valence-corrected chi connectivity index (χ4v) is 3.19. The van der Waals surface area contributed by atoms with Crippen LogP contribution in [0.5, 0.6) is 0 Å². The number of carboxylic acids is 1. The molecule has 6 nitrogen and oxygen atoms in total. The van der Waals surface area contributed by atoms with Crippen molar-refractivity contribution >= 4 is 39.0 Å². The molecule has 2 heterocycles. The van der Waals surface area contributed by atoms with Gasteiger partial charge in [0.1, 0.15) is 21.1 Å². The Morgan fingerprint density at radius 3 is 2.48 bits per heavy atom. The number of benzene rings is 1. The Bertz CT molecular complexity index is 1000. The van der Waals surface area contributed by atoms with E-state index in [4.69, 9.17) is 10.8 Å². The first-order chi connectivity index (χ1) is 10.9. The summed E-state index contributed by atoms with van der Waals surface area (Å²) in [4.78, 5) is 38.0. The van der Waals surface area contributed by atoms with Gasteiger partial charge in [0.2, 0.25) is 5.78 Å². The van der Waals surface area contributed by atoms with Crippen molar-refractivity contribution in [3.63, 3.8) is 0 Å². The molecule has 0 atom stereocenters. The van der Waals surface area contributed by atoms with Gasteiger partial charge in [0.05, 0.1) is 5.69 Å². The molecular formula is C15H9FN2O4S. The van der Waals surface area contributed by atoms with Crippen LogP contribution in [-0.2, 0) is 0 Å². The van der Waals surface area contributed by atoms with Gasteiger partial charge < -0.3 is 15.8 Å². The molecule has 0 bridgehead atoms. The van der Waals surface area contributed by atoms with Gasteiger partial charge in [-0.3, -0.25) is 9.59 Å². The van der Waals surface area contributed by atoms with Crippen molar-refractivity contribution < 1.29 is 19.1 Å². The van der Waals surface area contributed by atoms with E-state index < -0.39 is 28.7 Å². The minimum Gasteiger partial charge on any atom is -0.477 e. The minimum atomic E-state index is -1.38. The summed E-state index contributed by atoms with van der Waals surface area (Å²) in [5.41, 5.74) is 5.02. The lowest BCUT2D eigenvalue weighted by Crippen LogP contribution is -2.16. The summed E-state index contributed by atoms with van der Waals surface area (Å²) < 4.78 is 12.9. The monoisotopic (exact) mass is 332 g/mol. The molecule has 0 aliphatic carbocycles. The molecule has 0 fully saturated rings. The molecule has 0 spiro atoms. The maximum absolute atomic E-state index is 12.9. The van der Waals surface area contributed by atoms with E-state index >= 15 is 0 Å². The van der Waals surface area contributed by atoms with Crippen LogP contribution < -0.4 is 11.3 Å². The van der Waals surface area contributed by atoms with Gasteiger partial charge >= 0.3 is 5.97 Å². The zero-order valence-electron chi connectivity index (χ0n) is 11.4. The van der Waals surface area contributed by atoms with Gasteiger partial charge in [0.25, 0.3) is 5.56 Å². The molecule has 0 radical (unpaired) electrons. The number of carbonyl (C=O) groups is 2. The van der Waals surface area contributed by atoms with E-state index in [2.05, 4.69) is 4.98 Å². The van der Waals surface area contributed by atoms with Crippen LogP contribution in [0, 0.1) is 5.82 Å². The molecule has 3 aromatic rings. The van der Waals surface area contributed by atoms with E-state index in [-0.39, 0.29) is 21.5 Å². The topological polar surface area (TPSA) is 113 Å². The number of nitrogen functional groups attached to an aromatic ring is 1. The van der Waals surface area contributed by atoms with Gasteiger partial charge in [-0.15, -0.1) is 11.3 Å². The van der Waals surface area contributed by atoms with Crippen molar-refractivity contribution in [3.05, 3.63) is 62.5 Å². The lowest BCUT2D eigenvalue weighted by molar-refractivity contribution is 0.0695. The van der Waals surface area contributed by atoms with Crippen LogP contribution in [-0.4, -0.2) is 21.8 Å². The summed E-state index contributed by atoms with van der Waals surface area (Å²) in [5.74, 6) is -2.28. The van der Waals surface area contributed by atoms with Crippen molar-refractivity contribution in [1.82, 2.24) is 4.98 Å². The van der Waals surface area contributed by atoms with Gasteiger partial charge in [0.15, 0.2) is 0 Å². The van der Waals surface area contributed by atoms with Gasteiger partial charge in [-0.1, -0.05) is 0 Å². The molecule has 0 unspecified atom stereocenters. The molecule has 0 amide bonds. The van der Waals surface area contributed by atoms with E-state index in [1.54, 1.807) is 0 Å². The molecule has 0 aliphatic rings. The van der Waals surface area contributed by atoms with Crippen LogP contribution in [0.3, 0.4) is 0 Å². The highest BCUT2D eigenvalue weighted by atomic mass is 32.1. The maximum Gasteiger partial charge on any atom is 0.341 e. The largest absolute Gasteiger partial charge is 0.477 e. The van der Waals surface area contributed by atoms with E-state index in [1.165, 1.54) is 12.1 Å². The summed E-state index contributed by atoms with van der Waals surface area (Å²) in [6.07, 6.45) is 0. The molecular weight excluding hydrogens is 323 g/mol. The predicted octanol–water partition coefficient (Wildman–Crippen LogP) is 2.24. The number of halogens is 1. The highest BCUT2D eigenvalue weighted by Crippen LogP contribution is 2.33. The van der Waals surface area contributed by atoms with Crippen molar-refractivity contribution in [2.45, 2.75) is 0 Å². The summed E-state index contributed by atoms with van der Waals surface area (Å²) in [6.45, 7) is 0. The Labute approximate surface area is 132 Å². The van der Waals surface area contributed by atoms with Crippen LogP contribution in [0.2, 0.25) is 0 Å². The first-order valence-corrected chi connectivity index (χ1v) is 7.19. The number of aromatic nitrogens is 1. The summed E-state index contributed by atoms with van der Waals surface area (Å²) in [7, 11) is 0. The number of aromatic amines is 1. The SMILES string of the molecule is Nc1c(C(=O)c2ccc(F)cc2)sc2[nH]c(=O)c(C(=O)O)cc12. The minimum absolute atomic E-state index is 0.0816. The number of ketones is 1. The first kappa shape index (κ1) is 14.9. The molecule has 23 heavy (non-hydrogen) atoms. The van der Waals surface area contributed by atoms with Gasteiger partial charge in [-0.25, -0.2) is 9.18 Å². The number of nitrogens with two attached hydrogens (primary N) is 1. The number of rotatable bonds is 3. The molecule has 116 valence electrons. The number of H-pyrrole nitrogens is 1. The lowest BCUT2D eigenvalue weighted by atomic mass is 10.1. The number of anilines is 1. The number of carbonyl (C=O) groups excluding carboxylic acids is 1. The summed E-state index contributed by atoms with van der Waals surface area (Å²) in [6, 6.07) is 6.10. The van der Waals surface area contributed by atoms with Crippen molar-refractivity contribution in [1.29, 1.82) is 0 Å². The van der Waals surface area contributed by atoms with Gasteiger partial charge in [0, 0.05) is 10.9 Å². The van der Waals surface area contributed by atoms with Crippen LogP contribution >= 0.6 is 11.3 Å². The van der Waals surface area contributed by atoms with Crippen LogP contribution in [0.4, 0.5) is 10.1 Å². The number of fused-ring (bicyclic) bond motifs is 1. The molecule has 0 saturated heterocycles. The normalized spacial score (nSPS) is 10.8. The number of carboxylic acid groups (broad SMARTS) is 1. The number of aromatic carboxylic acids is 1. The molecule has 2 aromatic heterocycles. The molecule has 8 heteroatoms. The Morgan fingerprint density at radius 2 is 1.87 bits per heavy atom. The van der Waals surface area contributed by atoms with E-state index in [9.17, 15) is 18.8 Å². The molecule has 4 N–H and O–H groups in total. The second-order valence-corrected chi connectivity index (χ2v) is 5.76. The number of hydrogen-bond donors (Lipinski definition) is 3. The standard InChI is InChI=1S/C15H9FN2O4S/c16-7-3-1-6(2-4-7)11(19)12-10(17)8-5-9(15(21)22)13(20)18-14(8)23-12/h1-5H,17H2,(H,18,20)(H,21,22). The third-order valence-electron chi connectivity index (χ3n) is 3.29. The zero-order valence-corrected chi connectivity index (χ0v) is 12.2. The molecule has 0 aliphatic heterocycles. The second-order valence-electron chi connectivity index (χ2n) is 4.74. The van der Waals surface area contributed by atoms with Gasteiger partial charge in [-0.05, 0) is 30.3 Å². The van der Waals surface area contributed by atoms with E-state index in [1.807, 2.05) is 0 Å². The van der Waals surface area contributed by atoms with E-state index in [0.29, 0.717) is 4.83 Å². The number of thiophene rings is 1. The smallest absolute Gasteiger partial charge is 0.341 e. The van der Waals surface area contributed by atoms with Crippen LogP contribution in [0.1, 0.15) is 25.6 Å². The summed E-state index contributed by atoms with van der Waals surface area (Å²) >= 11 is 0.949. The number of hydrogen-bond acceptors (Lipinski definition) is 5. The van der Waals surface area contributed by atoms with Gasteiger partial charge in [-0.2, -0.15) is 0 Å². The Hall–Kier alpha value is -3.00. The molecule has 3 rings (SSSR count). The second kappa shape index (κ2) is 5.33. The third-order valence-corrected chi connectivity index (χ3v) is 4.42.